The second kappa shape index (κ2) is 5.18. The number of benzene rings is 1. The summed E-state index contributed by atoms with van der Waals surface area (Å²) in [6.45, 7) is 1.84. The second-order valence-corrected chi connectivity index (χ2v) is 4.15. The second-order valence-electron chi connectivity index (χ2n) is 4.15. The molecule has 1 heterocycles. The summed E-state index contributed by atoms with van der Waals surface area (Å²) in [6, 6.07) is 4.45. The minimum absolute atomic E-state index is 0.167. The number of aliphatic hydroxyl groups excluding tert-OH is 1. The molecule has 2 rings (SSSR count). The smallest absolute Gasteiger partial charge is 0.165 e. The third-order valence-electron chi connectivity index (χ3n) is 2.73. The summed E-state index contributed by atoms with van der Waals surface area (Å²) in [5.74, 6) is -0.309. The molecule has 0 spiro atoms. The van der Waals surface area contributed by atoms with Crippen molar-refractivity contribution in [3.63, 3.8) is 0 Å². The molecule has 1 N–H and O–H groups in total. The van der Waals surface area contributed by atoms with Crippen LogP contribution in [0.5, 0.6) is 5.75 Å². The zero-order valence-electron chi connectivity index (χ0n) is 10.3. The van der Waals surface area contributed by atoms with Crippen molar-refractivity contribution in [1.82, 2.24) is 9.55 Å². The molecule has 18 heavy (non-hydrogen) atoms. The van der Waals surface area contributed by atoms with E-state index in [0.717, 1.165) is 5.69 Å². The van der Waals surface area contributed by atoms with Crippen LogP contribution in [-0.4, -0.2) is 14.7 Å². The van der Waals surface area contributed by atoms with Crippen molar-refractivity contribution in [3.05, 3.63) is 47.8 Å². The van der Waals surface area contributed by atoms with Gasteiger partial charge in [-0.25, -0.2) is 9.37 Å². The quantitative estimate of drug-likeness (QED) is 0.904. The van der Waals surface area contributed by atoms with Crippen molar-refractivity contribution in [2.24, 2.45) is 7.05 Å². The first-order valence-electron chi connectivity index (χ1n) is 5.63. The molecule has 96 valence electrons. The monoisotopic (exact) mass is 250 g/mol. The lowest BCUT2D eigenvalue weighted by Gasteiger charge is -2.10. The maximum absolute atomic E-state index is 13.7. The molecule has 0 aliphatic rings. The van der Waals surface area contributed by atoms with Crippen LogP contribution in [0, 0.1) is 5.82 Å². The Balaban J connectivity index is 2.08. The van der Waals surface area contributed by atoms with E-state index in [1.807, 2.05) is 11.6 Å². The first-order chi connectivity index (χ1) is 8.58. The van der Waals surface area contributed by atoms with Gasteiger partial charge in [0.2, 0.25) is 0 Å². The maximum Gasteiger partial charge on any atom is 0.165 e. The molecular formula is C13H15FN2O2. The number of aromatic nitrogens is 2. The van der Waals surface area contributed by atoms with Gasteiger partial charge in [-0.15, -0.1) is 0 Å². The maximum atomic E-state index is 13.7. The van der Waals surface area contributed by atoms with Crippen molar-refractivity contribution in [2.75, 3.05) is 0 Å². The minimum atomic E-state index is -0.689. The van der Waals surface area contributed by atoms with Crippen LogP contribution in [0.2, 0.25) is 0 Å². The van der Waals surface area contributed by atoms with Crippen LogP contribution in [0.15, 0.2) is 30.7 Å². The number of hydrogen-bond donors (Lipinski definition) is 1. The van der Waals surface area contributed by atoms with Crippen LogP contribution in [0.1, 0.15) is 24.3 Å². The largest absolute Gasteiger partial charge is 0.484 e. The van der Waals surface area contributed by atoms with E-state index in [2.05, 4.69) is 4.98 Å². The van der Waals surface area contributed by atoms with Crippen LogP contribution in [0.4, 0.5) is 4.39 Å². The highest BCUT2D eigenvalue weighted by atomic mass is 19.1. The van der Waals surface area contributed by atoms with E-state index in [9.17, 15) is 9.50 Å². The van der Waals surface area contributed by atoms with Crippen LogP contribution in [0.25, 0.3) is 0 Å². The molecule has 0 bridgehead atoms. The van der Waals surface area contributed by atoms with E-state index >= 15 is 0 Å². The van der Waals surface area contributed by atoms with E-state index in [4.69, 9.17) is 4.74 Å². The lowest BCUT2D eigenvalue weighted by molar-refractivity contribution is 0.198. The average molecular weight is 250 g/mol. The number of nitrogens with zero attached hydrogens (tertiary/aromatic N) is 2. The summed E-state index contributed by atoms with van der Waals surface area (Å²) < 4.78 is 20.9. The summed E-state index contributed by atoms with van der Waals surface area (Å²) in [4.78, 5) is 3.95. The standard InChI is InChI=1S/C13H15FN2O2/c1-9(17)10-3-4-13(12(14)5-10)18-7-11-6-15-8-16(11)2/h3-6,8-9,17H,7H2,1-2H3/t9-/m1/s1. The van der Waals surface area contributed by atoms with Crippen LogP contribution < -0.4 is 4.74 Å². The topological polar surface area (TPSA) is 47.3 Å². The highest BCUT2D eigenvalue weighted by molar-refractivity contribution is 5.30. The Morgan fingerprint density at radius 3 is 2.83 bits per heavy atom. The normalized spacial score (nSPS) is 12.4. The minimum Gasteiger partial charge on any atom is -0.484 e. The molecule has 0 saturated carbocycles. The first kappa shape index (κ1) is 12.6. The molecule has 1 atom stereocenters. The van der Waals surface area contributed by atoms with Crippen molar-refractivity contribution < 1.29 is 14.2 Å². The van der Waals surface area contributed by atoms with Crippen molar-refractivity contribution in [2.45, 2.75) is 19.6 Å². The van der Waals surface area contributed by atoms with Crippen molar-refractivity contribution in [3.8, 4) is 5.75 Å². The van der Waals surface area contributed by atoms with Gasteiger partial charge in [-0.05, 0) is 24.6 Å². The third-order valence-corrected chi connectivity index (χ3v) is 2.73. The van der Waals surface area contributed by atoms with E-state index in [-0.39, 0.29) is 12.4 Å². The lowest BCUT2D eigenvalue weighted by atomic mass is 10.1. The molecule has 4 nitrogen and oxygen atoms in total. The summed E-state index contributed by atoms with van der Waals surface area (Å²) in [5.41, 5.74) is 1.38. The Kier molecular flexibility index (Phi) is 3.62. The van der Waals surface area contributed by atoms with E-state index < -0.39 is 11.9 Å². The van der Waals surface area contributed by atoms with Crippen LogP contribution >= 0.6 is 0 Å². The molecule has 0 saturated heterocycles. The molecule has 1 aromatic heterocycles. The zero-order chi connectivity index (χ0) is 13.1. The number of hydrogen-bond acceptors (Lipinski definition) is 3. The van der Waals surface area contributed by atoms with Gasteiger partial charge in [0.05, 0.1) is 24.3 Å². The fraction of sp³-hybridized carbons (Fsp3) is 0.308. The molecule has 0 radical (unpaired) electrons. The molecule has 1 aromatic carbocycles. The first-order valence-corrected chi connectivity index (χ1v) is 5.63. The number of imidazole rings is 1. The van der Waals surface area contributed by atoms with Crippen LogP contribution in [0.3, 0.4) is 0 Å². The fourth-order valence-corrected chi connectivity index (χ4v) is 1.57. The molecule has 0 unspecified atom stereocenters. The van der Waals surface area contributed by atoms with Gasteiger partial charge in [-0.3, -0.25) is 0 Å². The van der Waals surface area contributed by atoms with E-state index in [1.54, 1.807) is 25.5 Å². The highest BCUT2D eigenvalue weighted by Crippen LogP contribution is 2.22. The Bertz CT molecular complexity index is 538. The summed E-state index contributed by atoms with van der Waals surface area (Å²) in [7, 11) is 1.85. The molecule has 0 aliphatic heterocycles. The molecule has 0 fully saturated rings. The predicted octanol–water partition coefficient (Wildman–Crippen LogP) is 2.19. The zero-order valence-corrected chi connectivity index (χ0v) is 10.3. The van der Waals surface area contributed by atoms with Crippen molar-refractivity contribution in [1.29, 1.82) is 0 Å². The average Bonchev–Trinajstić information content (AvgIpc) is 2.73. The summed E-state index contributed by atoms with van der Waals surface area (Å²) in [6.07, 6.45) is 2.64. The lowest BCUT2D eigenvalue weighted by Crippen LogP contribution is -2.03. The Morgan fingerprint density at radius 2 is 2.28 bits per heavy atom. The Labute approximate surface area is 105 Å². The molecular weight excluding hydrogens is 235 g/mol. The van der Waals surface area contributed by atoms with Gasteiger partial charge >= 0.3 is 0 Å². The number of aryl methyl sites for hydroxylation is 1. The number of rotatable bonds is 4. The van der Waals surface area contributed by atoms with Gasteiger partial charge in [0.25, 0.3) is 0 Å². The Hall–Kier alpha value is -1.88. The molecule has 0 amide bonds. The van der Waals surface area contributed by atoms with E-state index in [0.29, 0.717) is 5.56 Å². The number of halogens is 1. The van der Waals surface area contributed by atoms with Gasteiger partial charge in [0.15, 0.2) is 11.6 Å². The van der Waals surface area contributed by atoms with Gasteiger partial charge in [-0.1, -0.05) is 6.07 Å². The van der Waals surface area contributed by atoms with Gasteiger partial charge < -0.3 is 14.4 Å². The number of aliphatic hydroxyl groups is 1. The third kappa shape index (κ3) is 2.68. The van der Waals surface area contributed by atoms with Crippen molar-refractivity contribution >= 4 is 0 Å². The molecule has 5 heteroatoms. The predicted molar refractivity (Wildman–Crippen MR) is 64.6 cm³/mol. The highest BCUT2D eigenvalue weighted by Gasteiger charge is 2.08. The summed E-state index contributed by atoms with van der Waals surface area (Å²) >= 11 is 0. The van der Waals surface area contributed by atoms with E-state index in [1.165, 1.54) is 12.1 Å². The van der Waals surface area contributed by atoms with Gasteiger partial charge in [0.1, 0.15) is 6.61 Å². The summed E-state index contributed by atoms with van der Waals surface area (Å²) in [5, 5.41) is 9.34. The molecule has 2 aromatic rings. The van der Waals surface area contributed by atoms with Gasteiger partial charge in [0, 0.05) is 7.05 Å². The van der Waals surface area contributed by atoms with Gasteiger partial charge in [-0.2, -0.15) is 0 Å². The SMILES string of the molecule is C[C@@H](O)c1ccc(OCc2cncn2C)c(F)c1. The number of ether oxygens (including phenoxy) is 1. The van der Waals surface area contributed by atoms with Crippen LogP contribution in [-0.2, 0) is 13.7 Å². The Morgan fingerprint density at radius 1 is 1.50 bits per heavy atom. The fourth-order valence-electron chi connectivity index (χ4n) is 1.57. The molecule has 0 aliphatic carbocycles.